The second kappa shape index (κ2) is 36.3. The monoisotopic (exact) mass is 2000 g/mol. The molecule has 16 rings (SSSR count). The van der Waals surface area contributed by atoms with E-state index >= 15 is 0 Å². The zero-order chi connectivity index (χ0) is 90.8. The minimum absolute atomic E-state index is 0.0575. The lowest BCUT2D eigenvalue weighted by atomic mass is 9.92. The molecule has 690 valence electrons. The standard InChI is InChI=1S/C63H82N22O30P6S6/c1-25-12-80(60(89)75-49(25)64)40-10-34(114-121(98,127)103-19-63-28(4)6-30(48(63)115-116(92,93)122)58(109-63)85-24-73-46-51(66)69-21-71-53(46)85)38(105-40)17-101-118(95,124)112-33-9-42(82-14-27(3)56(87)79-62(82)91)107-37(33)16-100-120(97,126)113-35-11-44(84-23-74-47-54(84)76-59(67)77-57(47)88)108-39(35)18-102-119(96,125)111-32-8-41(81-13-26(2)55(86)78-61(81)90)106-36(32)15-99-117(94,123)110-31-7-43(104-29(31)5)83-22-72-45-50(65)68-20-70-52(45)83/h12-14,20-24,28-44,48,58H,6-11,15-19H2,1-5H3,(H,94,123)(H,95,124)(H,96,125)(H,97,126)(H,98,127)(H2,64,75,89)(H2,65,68,70)(H2,66,69,71)(H,78,86,90)(H,79,87,91)(H2,92,93,122)(H3,67,76,77,88)/t28-,29-,30?,31-,32-,33-,34-,35-,36-,37-,38-,39-,40-,41-,42-,43-,44-,48-,58-,63+,117?,118?,119?,120?,121?/m1/s1. The summed E-state index contributed by atoms with van der Waals surface area (Å²) in [5, 5.41) is 0. The largest absolute Gasteiger partial charge is 0.383 e. The zero-order valence-electron chi connectivity index (χ0n) is 66.5. The molecule has 9 aromatic rings. The highest BCUT2D eigenvalue weighted by Gasteiger charge is 2.67. The van der Waals surface area contributed by atoms with Gasteiger partial charge in [-0.2, -0.15) is 9.97 Å². The predicted molar refractivity (Wildman–Crippen MR) is 460 cm³/mol. The number of aryl methyl sites for hydroxylation is 3. The Morgan fingerprint density at radius 3 is 1.31 bits per heavy atom. The van der Waals surface area contributed by atoms with Gasteiger partial charge in [-0.05, 0) is 111 Å². The Kier molecular flexibility index (Phi) is 26.9. The number of imidazole rings is 3. The Bertz CT molecular complexity index is 6470. The van der Waals surface area contributed by atoms with Crippen LogP contribution < -0.4 is 56.7 Å². The van der Waals surface area contributed by atoms with E-state index < -0.39 is 229 Å². The normalized spacial score (nSPS) is 30.9. The van der Waals surface area contributed by atoms with E-state index in [0.717, 1.165) is 13.7 Å². The number of anilines is 4. The third-order valence-electron chi connectivity index (χ3n) is 22.3. The predicted octanol–water partition coefficient (Wildman–Crippen LogP) is 0.479. The fourth-order valence-corrected chi connectivity index (χ4v) is 24.4. The van der Waals surface area contributed by atoms with E-state index in [9.17, 15) is 63.0 Å². The zero-order valence-corrected chi connectivity index (χ0v) is 76.8. The van der Waals surface area contributed by atoms with Gasteiger partial charge in [-0.1, -0.05) is 6.92 Å². The number of nitrogens with zero attached hydrogens (tertiary/aromatic N) is 15. The van der Waals surface area contributed by atoms with Crippen molar-refractivity contribution in [3.8, 4) is 0 Å². The number of fused-ring (bicyclic) bond motifs is 5. The maximum atomic E-state index is 13.5. The molecule has 18 N–H and O–H groups in total. The molecule has 0 amide bonds. The number of H-pyrrole nitrogens is 3. The molecule has 7 fully saturated rings. The second-order valence-corrected chi connectivity index (χ2v) is 47.3. The van der Waals surface area contributed by atoms with Crippen molar-refractivity contribution in [3.05, 3.63) is 129 Å². The Hall–Kier alpha value is -6.17. The van der Waals surface area contributed by atoms with Gasteiger partial charge in [0.15, 0.2) is 34.1 Å². The number of aromatic amines is 3. The van der Waals surface area contributed by atoms with Crippen molar-refractivity contribution in [3.63, 3.8) is 0 Å². The summed E-state index contributed by atoms with van der Waals surface area (Å²) in [6.45, 7) is -23.0. The minimum Gasteiger partial charge on any atom is -0.383 e. The summed E-state index contributed by atoms with van der Waals surface area (Å²) in [7, 11) is 0. The number of rotatable bonds is 33. The third kappa shape index (κ3) is 20.2. The van der Waals surface area contributed by atoms with Gasteiger partial charge in [0, 0.05) is 73.3 Å². The molecule has 6 aliphatic heterocycles. The number of hydrogen-bond acceptors (Lipinski definition) is 42. The molecule has 6 unspecified atom stereocenters. The van der Waals surface area contributed by atoms with Crippen LogP contribution in [0.4, 0.5) is 23.4 Å². The van der Waals surface area contributed by atoms with Crippen LogP contribution in [0, 0.1) is 32.6 Å². The van der Waals surface area contributed by atoms with Crippen LogP contribution in [0.15, 0.2) is 79.0 Å². The van der Waals surface area contributed by atoms with Crippen molar-refractivity contribution in [1.29, 1.82) is 0 Å². The summed E-state index contributed by atoms with van der Waals surface area (Å²) < 4.78 is 113. The Morgan fingerprint density at radius 1 is 0.441 bits per heavy atom. The Labute approximate surface area is 743 Å². The first kappa shape index (κ1) is 94.0. The first-order valence-corrected chi connectivity index (χ1v) is 53.9. The van der Waals surface area contributed by atoms with Crippen LogP contribution >= 0.6 is 40.3 Å². The van der Waals surface area contributed by atoms with E-state index in [1.165, 1.54) is 68.6 Å². The van der Waals surface area contributed by atoms with Crippen LogP contribution in [0.1, 0.15) is 106 Å². The van der Waals surface area contributed by atoms with Gasteiger partial charge < -0.3 is 135 Å². The molecule has 2 bridgehead atoms. The fourth-order valence-electron chi connectivity index (χ4n) is 16.1. The van der Waals surface area contributed by atoms with Crippen LogP contribution in [-0.4, -0.2) is 227 Å². The molecular formula is C63H82N22O30P6S6. The van der Waals surface area contributed by atoms with Gasteiger partial charge in [-0.25, -0.2) is 49.3 Å². The number of nitrogen functional groups attached to an aromatic ring is 4. The second-order valence-electron chi connectivity index (χ2n) is 30.7. The van der Waals surface area contributed by atoms with Gasteiger partial charge >= 0.3 is 57.4 Å². The van der Waals surface area contributed by atoms with Crippen LogP contribution in [0.25, 0.3) is 33.5 Å². The molecule has 6 saturated heterocycles. The van der Waals surface area contributed by atoms with E-state index in [2.05, 4.69) is 59.8 Å². The van der Waals surface area contributed by atoms with E-state index in [1.807, 2.05) is 0 Å². The summed E-state index contributed by atoms with van der Waals surface area (Å²) >= 11 is 33.1. The van der Waals surface area contributed by atoms with Crippen LogP contribution in [0.3, 0.4) is 0 Å². The van der Waals surface area contributed by atoms with E-state index in [0.29, 0.717) is 23.1 Å². The molecule has 1 saturated carbocycles. The quantitative estimate of drug-likeness (QED) is 0.0249. The highest BCUT2D eigenvalue weighted by molar-refractivity contribution is 8.08. The molecule has 0 spiro atoms. The van der Waals surface area contributed by atoms with Gasteiger partial charge in [-0.15, -0.1) is 0 Å². The van der Waals surface area contributed by atoms with Crippen molar-refractivity contribution in [2.45, 2.75) is 183 Å². The molecular weight excluding hydrogens is 1920 g/mol. The number of aromatic nitrogens is 18. The van der Waals surface area contributed by atoms with Crippen molar-refractivity contribution in [2.75, 3.05) is 56.0 Å². The van der Waals surface area contributed by atoms with E-state index in [4.69, 9.17) is 172 Å². The third-order valence-corrected chi connectivity index (χ3v) is 30.9. The van der Waals surface area contributed by atoms with Gasteiger partial charge in [0.25, 0.3) is 16.7 Å². The summed E-state index contributed by atoms with van der Waals surface area (Å²) in [5.74, 6) is -1.36. The molecule has 0 aromatic carbocycles. The number of hydrogen-bond donors (Lipinski definition) is 14. The van der Waals surface area contributed by atoms with Crippen molar-refractivity contribution < 1.29 is 112 Å². The maximum absolute atomic E-state index is 13.5. The van der Waals surface area contributed by atoms with Crippen LogP contribution in [0.5, 0.6) is 0 Å². The SMILES string of the molecule is Cc1cn([C@H]2C[C@@H](OP(O)(=S)OC[C@]34O[C@@H](n5cnc6c(N)ncnc65)C(C[C@H]3C)[C@H]4OP(O)(O)=S)[C@@H](COP(O)(=S)O[C@@H]3C[C@H](n4cc(C)c(=O)[nH]c4=O)O[C@@H]3COP(O)(=S)O[C@@H]3C[C@H](n4cnc5c(=O)[nH]c(N)nc54)O[C@@H]3COP(O)(=S)O[C@@H]3C[C@H](n4cc(C)c(=O)[nH]c4=O)O[C@@H]3COP(O)(=S)O[C@@H]3C[C@H](n4cnc5c(N)ncnc54)O[C@@H]3C)O2)c(=O)nc1N. The molecule has 7 aliphatic rings. The highest BCUT2D eigenvalue weighted by Crippen LogP contribution is 2.63. The molecule has 1 aliphatic carbocycles. The molecule has 0 radical (unpaired) electrons. The summed E-state index contributed by atoms with van der Waals surface area (Å²) in [4.78, 5) is 205. The molecule has 9 aromatic heterocycles. The first-order valence-electron chi connectivity index (χ1n) is 38.3. The van der Waals surface area contributed by atoms with Gasteiger partial charge in [0.1, 0.15) is 103 Å². The molecule has 15 heterocycles. The summed E-state index contributed by atoms with van der Waals surface area (Å²) in [6.07, 6.45) is -11.5. The lowest BCUT2D eigenvalue weighted by Gasteiger charge is -2.38. The van der Waals surface area contributed by atoms with E-state index in [-0.39, 0.29) is 89.0 Å². The fraction of sp³-hybridized carbons (Fsp3) is 0.571. The molecule has 127 heavy (non-hydrogen) atoms. The topological polar surface area (TPSA) is 698 Å². The number of ether oxygens (including phenoxy) is 6. The average Bonchev–Trinajstić information content (AvgIpc) is 1.54. The average molecular weight is 2010 g/mol. The lowest BCUT2D eigenvalue weighted by Crippen LogP contribution is -2.47. The van der Waals surface area contributed by atoms with Crippen molar-refractivity contribution in [2.24, 2.45) is 11.8 Å². The van der Waals surface area contributed by atoms with Gasteiger partial charge in [0.2, 0.25) is 5.95 Å². The highest BCUT2D eigenvalue weighted by atomic mass is 32.5. The van der Waals surface area contributed by atoms with Crippen molar-refractivity contribution >= 4 is 168 Å². The van der Waals surface area contributed by atoms with Crippen LogP contribution in [0.2, 0.25) is 0 Å². The van der Waals surface area contributed by atoms with Crippen molar-refractivity contribution in [1.82, 2.24) is 87.2 Å². The lowest BCUT2D eigenvalue weighted by molar-refractivity contribution is -0.159. The molecule has 64 heteroatoms. The summed E-state index contributed by atoms with van der Waals surface area (Å²) in [6, 6.07) is 0. The van der Waals surface area contributed by atoms with E-state index in [1.54, 1.807) is 29.9 Å². The molecule has 25 atom stereocenters. The first-order chi connectivity index (χ1) is 59.8. The summed E-state index contributed by atoms with van der Waals surface area (Å²) in [5.41, 5.74) is 19.1. The van der Waals surface area contributed by atoms with Gasteiger partial charge in [0.05, 0.1) is 88.6 Å². The number of nitrogens with two attached hydrogens (primary N) is 4. The minimum atomic E-state index is -4.72. The van der Waals surface area contributed by atoms with Gasteiger partial charge in [-0.3, -0.25) is 56.7 Å². The van der Waals surface area contributed by atoms with Crippen LogP contribution in [-0.2, 0) is 149 Å². The smallest absolute Gasteiger partial charge is 0.351 e. The maximum Gasteiger partial charge on any atom is 0.351 e. The number of nitrogens with one attached hydrogen (secondary N) is 3. The Balaban J connectivity index is 0.615. The Morgan fingerprint density at radius 2 is 0.835 bits per heavy atom. The molecule has 52 nitrogen and oxygen atoms in total.